The van der Waals surface area contributed by atoms with Crippen LogP contribution < -0.4 is 5.32 Å². The van der Waals surface area contributed by atoms with E-state index < -0.39 is 0 Å². The molecule has 14 heavy (non-hydrogen) atoms. The summed E-state index contributed by atoms with van der Waals surface area (Å²) in [6, 6.07) is 6.18. The molecule has 0 bridgehead atoms. The van der Waals surface area contributed by atoms with Gasteiger partial charge in [0, 0.05) is 16.8 Å². The van der Waals surface area contributed by atoms with Gasteiger partial charge in [-0.25, -0.2) is 0 Å². The summed E-state index contributed by atoms with van der Waals surface area (Å²) >= 11 is 6.16. The van der Waals surface area contributed by atoms with E-state index >= 15 is 0 Å². The summed E-state index contributed by atoms with van der Waals surface area (Å²) in [4.78, 5) is 0. The van der Waals surface area contributed by atoms with Gasteiger partial charge in [-0.1, -0.05) is 37.1 Å². The Balaban J connectivity index is 3.07. The molecule has 78 valence electrons. The first-order valence-electron chi connectivity index (χ1n) is 5.23. The van der Waals surface area contributed by atoms with Crippen molar-refractivity contribution >= 4 is 27.5 Å². The van der Waals surface area contributed by atoms with Crippen molar-refractivity contribution in [3.05, 3.63) is 28.8 Å². The van der Waals surface area contributed by atoms with Crippen LogP contribution in [0.25, 0.3) is 0 Å². The molecule has 0 saturated carbocycles. The summed E-state index contributed by atoms with van der Waals surface area (Å²) in [6.45, 7) is 5.25. The Hall–Kier alpha value is -0.473. The molecule has 0 aliphatic heterocycles. The topological polar surface area (TPSA) is 12.0 Å². The van der Waals surface area contributed by atoms with Gasteiger partial charge in [-0.15, -0.1) is 0 Å². The van der Waals surface area contributed by atoms with Gasteiger partial charge in [0.15, 0.2) is 0 Å². The van der Waals surface area contributed by atoms with Crippen molar-refractivity contribution in [2.75, 3.05) is 11.9 Å². The summed E-state index contributed by atoms with van der Waals surface area (Å²) in [7, 11) is 1.18. The Bertz CT molecular complexity index is 301. The van der Waals surface area contributed by atoms with Gasteiger partial charge in [0.25, 0.3) is 0 Å². The lowest BCUT2D eigenvalue weighted by Gasteiger charge is -2.16. The van der Waals surface area contributed by atoms with Gasteiger partial charge in [-0.3, -0.25) is 0 Å². The second-order valence-electron chi connectivity index (χ2n) is 3.54. The van der Waals surface area contributed by atoms with E-state index in [2.05, 4.69) is 25.2 Å². The molecule has 0 radical (unpaired) electrons. The molecule has 1 N–H and O–H groups in total. The van der Waals surface area contributed by atoms with E-state index in [1.807, 2.05) is 12.1 Å². The molecule has 0 amide bonds. The monoisotopic (exact) mass is 227 g/mol. The van der Waals surface area contributed by atoms with Crippen LogP contribution in [0.2, 0.25) is 5.02 Å². The van der Waals surface area contributed by atoms with Crippen LogP contribution in [0.15, 0.2) is 18.2 Å². The van der Waals surface area contributed by atoms with Crippen LogP contribution in [-0.4, -0.2) is 16.8 Å². The van der Waals surface area contributed by atoms with Gasteiger partial charge in [0.1, 0.15) is 0 Å². The van der Waals surface area contributed by atoms with Gasteiger partial charge in [-0.05, 0) is 24.1 Å². The highest BCUT2D eigenvalue weighted by Gasteiger charge is 2.10. The van der Waals surface area contributed by atoms with Crippen molar-refractivity contribution in [3.8, 4) is 0 Å². The van der Waals surface area contributed by atoms with E-state index in [0.29, 0.717) is 5.54 Å². The maximum absolute atomic E-state index is 6.16. The Morgan fingerprint density at radius 1 is 1.43 bits per heavy atom. The summed E-state index contributed by atoms with van der Waals surface area (Å²) in [5.74, 6) is 0. The predicted octanol–water partition coefficient (Wildman–Crippen LogP) is 2.59. The van der Waals surface area contributed by atoms with Crippen molar-refractivity contribution in [3.63, 3.8) is 0 Å². The average Bonchev–Trinajstić information content (AvgIpc) is 2.20. The molecule has 1 unspecified atom stereocenters. The second kappa shape index (κ2) is 5.42. The first-order valence-corrected chi connectivity index (χ1v) is 6.76. The van der Waals surface area contributed by atoms with Crippen LogP contribution in [-0.2, 0) is 0 Å². The Morgan fingerprint density at radius 3 is 2.71 bits per heavy atom. The van der Waals surface area contributed by atoms with Crippen molar-refractivity contribution in [2.45, 2.75) is 25.8 Å². The minimum Gasteiger partial charge on any atom is -0.384 e. The quantitative estimate of drug-likeness (QED) is 0.780. The molecule has 1 nitrogen and oxygen atoms in total. The third kappa shape index (κ3) is 2.52. The second-order valence-corrected chi connectivity index (χ2v) is 5.34. The Labute approximate surface area is 94.3 Å². The SMILES string of the molecule is CCNc1c(Cl)cccc1C([SiH3])CC. The van der Waals surface area contributed by atoms with Crippen LogP contribution in [0.3, 0.4) is 0 Å². The molecule has 0 fully saturated rings. The van der Waals surface area contributed by atoms with Gasteiger partial charge < -0.3 is 5.32 Å². The average molecular weight is 228 g/mol. The van der Waals surface area contributed by atoms with Crippen molar-refractivity contribution in [1.29, 1.82) is 0 Å². The van der Waals surface area contributed by atoms with Gasteiger partial charge in [-0.2, -0.15) is 0 Å². The predicted molar refractivity (Wildman–Crippen MR) is 68.6 cm³/mol. The van der Waals surface area contributed by atoms with E-state index in [0.717, 1.165) is 17.3 Å². The number of hydrogen-bond donors (Lipinski definition) is 1. The smallest absolute Gasteiger partial charge is 0.0640 e. The highest BCUT2D eigenvalue weighted by Crippen LogP contribution is 2.31. The lowest BCUT2D eigenvalue weighted by atomic mass is 10.1. The van der Waals surface area contributed by atoms with E-state index in [-0.39, 0.29) is 0 Å². The minimum absolute atomic E-state index is 0.697. The molecule has 1 rings (SSSR count). The van der Waals surface area contributed by atoms with Gasteiger partial charge in [0.2, 0.25) is 0 Å². The summed E-state index contributed by atoms with van der Waals surface area (Å²) in [6.07, 6.45) is 1.20. The zero-order valence-corrected chi connectivity index (χ0v) is 11.9. The number of para-hydroxylation sites is 1. The molecule has 3 heteroatoms. The Morgan fingerprint density at radius 2 is 2.14 bits per heavy atom. The van der Waals surface area contributed by atoms with Crippen LogP contribution in [0.1, 0.15) is 31.4 Å². The molecule has 0 heterocycles. The third-order valence-electron chi connectivity index (χ3n) is 2.54. The summed E-state index contributed by atoms with van der Waals surface area (Å²) < 4.78 is 0. The molecule has 0 spiro atoms. The molecule has 0 aliphatic carbocycles. The van der Waals surface area contributed by atoms with Crippen LogP contribution in [0.4, 0.5) is 5.69 Å². The number of benzene rings is 1. The molecular formula is C11H18ClNSi. The number of halogens is 1. The maximum Gasteiger partial charge on any atom is 0.0640 e. The van der Waals surface area contributed by atoms with Crippen LogP contribution in [0, 0.1) is 0 Å². The first kappa shape index (κ1) is 11.6. The first-order chi connectivity index (χ1) is 6.70. The largest absolute Gasteiger partial charge is 0.384 e. The maximum atomic E-state index is 6.16. The zero-order valence-electron chi connectivity index (χ0n) is 9.10. The Kier molecular flexibility index (Phi) is 4.49. The molecule has 0 aromatic heterocycles. The van der Waals surface area contributed by atoms with Crippen LogP contribution >= 0.6 is 11.6 Å². The standard InChI is InChI=1S/C11H18ClNSi/c1-3-10(14)8-6-5-7-9(12)11(8)13-4-2/h5-7,10,13H,3-4H2,1-2,14H3. The van der Waals surface area contributed by atoms with Gasteiger partial charge in [0.05, 0.1) is 10.7 Å². The van der Waals surface area contributed by atoms with Crippen molar-refractivity contribution in [2.24, 2.45) is 0 Å². The number of anilines is 1. The van der Waals surface area contributed by atoms with Gasteiger partial charge >= 0.3 is 0 Å². The molecule has 1 aromatic rings. The number of hydrogen-bond acceptors (Lipinski definition) is 1. The summed E-state index contributed by atoms with van der Waals surface area (Å²) in [5, 5.41) is 4.20. The fourth-order valence-corrected chi connectivity index (χ4v) is 2.26. The van der Waals surface area contributed by atoms with Crippen LogP contribution in [0.5, 0.6) is 0 Å². The number of rotatable bonds is 4. The number of nitrogens with one attached hydrogen (secondary N) is 1. The van der Waals surface area contributed by atoms with E-state index in [1.165, 1.54) is 22.2 Å². The summed E-state index contributed by atoms with van der Waals surface area (Å²) in [5.41, 5.74) is 3.22. The third-order valence-corrected chi connectivity index (χ3v) is 4.30. The molecule has 1 aromatic carbocycles. The molecule has 0 aliphatic rings. The molecule has 1 atom stereocenters. The zero-order chi connectivity index (χ0) is 10.6. The molecular weight excluding hydrogens is 210 g/mol. The minimum atomic E-state index is 0.697. The fraction of sp³-hybridized carbons (Fsp3) is 0.455. The highest BCUT2D eigenvalue weighted by atomic mass is 35.5. The van der Waals surface area contributed by atoms with E-state index in [9.17, 15) is 0 Å². The lowest BCUT2D eigenvalue weighted by Crippen LogP contribution is -2.05. The fourth-order valence-electron chi connectivity index (χ4n) is 1.53. The highest BCUT2D eigenvalue weighted by molar-refractivity contribution is 6.33. The van der Waals surface area contributed by atoms with Crippen molar-refractivity contribution in [1.82, 2.24) is 0 Å². The molecule has 0 saturated heterocycles. The van der Waals surface area contributed by atoms with Crippen molar-refractivity contribution < 1.29 is 0 Å². The lowest BCUT2D eigenvalue weighted by molar-refractivity contribution is 0.882. The van der Waals surface area contributed by atoms with E-state index in [1.54, 1.807) is 0 Å². The van der Waals surface area contributed by atoms with E-state index in [4.69, 9.17) is 11.6 Å². The normalized spacial score (nSPS) is 12.8.